The van der Waals surface area contributed by atoms with Crippen LogP contribution in [0.4, 0.5) is 0 Å². The lowest BCUT2D eigenvalue weighted by Crippen LogP contribution is -2.37. The van der Waals surface area contributed by atoms with Crippen molar-refractivity contribution in [2.75, 3.05) is 0 Å². The molecule has 7 aromatic rings. The van der Waals surface area contributed by atoms with Gasteiger partial charge in [-0.25, -0.2) is 4.98 Å². The van der Waals surface area contributed by atoms with E-state index in [9.17, 15) is 5.11 Å². The quantitative estimate of drug-likeness (QED) is 0.176. The van der Waals surface area contributed by atoms with Gasteiger partial charge in [0.05, 0.1) is 30.4 Å². The molecule has 7 rings (SSSR count). The number of phenols is 1. The van der Waals surface area contributed by atoms with Gasteiger partial charge in [-0.2, -0.15) is 0 Å². The maximum absolute atomic E-state index is 11.3. The summed E-state index contributed by atoms with van der Waals surface area (Å²) in [5.41, 5.74) is 12.2. The van der Waals surface area contributed by atoms with Gasteiger partial charge >= 0.3 is 0 Å². The number of imidazole rings is 1. The van der Waals surface area contributed by atoms with Gasteiger partial charge in [-0.1, -0.05) is 133 Å². The summed E-state index contributed by atoms with van der Waals surface area (Å²) in [6.07, 6.45) is 1.92. The van der Waals surface area contributed by atoms with Crippen molar-refractivity contribution in [2.24, 2.45) is 0 Å². The first kappa shape index (κ1) is 35.2. The predicted octanol–water partition coefficient (Wildman–Crippen LogP) is 11.9. The Bertz CT molecular complexity index is 2400. The number of fused-ring (bicyclic) bond motifs is 1. The van der Waals surface area contributed by atoms with E-state index in [2.05, 4.69) is 157 Å². The number of phenolic OH excluding ortho intramolecular Hbond substituents is 1. The summed E-state index contributed by atoms with van der Waals surface area (Å²) >= 11 is 0. The van der Waals surface area contributed by atoms with E-state index in [-0.39, 0.29) is 16.6 Å². The van der Waals surface area contributed by atoms with Crippen molar-refractivity contribution in [3.8, 4) is 56.3 Å². The summed E-state index contributed by atoms with van der Waals surface area (Å²) in [7, 11) is -1.39. The molecule has 262 valence electrons. The lowest BCUT2D eigenvalue weighted by atomic mass is 9.83. The molecule has 0 saturated heterocycles. The van der Waals surface area contributed by atoms with Crippen molar-refractivity contribution in [3.63, 3.8) is 0 Å². The Labute approximate surface area is 309 Å². The third-order valence-electron chi connectivity index (χ3n) is 10.1. The van der Waals surface area contributed by atoms with E-state index in [0.717, 1.165) is 50.2 Å². The molecule has 0 aliphatic rings. The molecular formula is C47H49N3OSi. The molecule has 0 atom stereocenters. The van der Waals surface area contributed by atoms with Crippen molar-refractivity contribution >= 4 is 24.3 Å². The SMILES string of the molecule is CC(C)(C)c1cc(-c2cc(-c3ccc([Si](C)(C)C)cc3)ccn2)cc(-c2cccc3c2nc(-c2cc(C(C)(C)C)ccc2O)n3-c2ccccc2)c1. The minimum Gasteiger partial charge on any atom is -0.507 e. The number of hydrogen-bond donors (Lipinski definition) is 1. The highest BCUT2D eigenvalue weighted by Crippen LogP contribution is 2.41. The highest BCUT2D eigenvalue weighted by atomic mass is 28.3. The van der Waals surface area contributed by atoms with E-state index in [1.807, 2.05) is 30.5 Å². The summed E-state index contributed by atoms with van der Waals surface area (Å²) in [6, 6.07) is 42.8. The van der Waals surface area contributed by atoms with Crippen LogP contribution in [-0.4, -0.2) is 27.7 Å². The van der Waals surface area contributed by atoms with E-state index < -0.39 is 8.07 Å². The average Bonchev–Trinajstić information content (AvgIpc) is 3.50. The topological polar surface area (TPSA) is 50.9 Å². The Morgan fingerprint density at radius 1 is 0.577 bits per heavy atom. The third-order valence-corrected chi connectivity index (χ3v) is 12.1. The van der Waals surface area contributed by atoms with Gasteiger partial charge in [0.2, 0.25) is 0 Å². The van der Waals surface area contributed by atoms with Gasteiger partial charge in [0.15, 0.2) is 0 Å². The number of aromatic hydroxyl groups is 1. The molecule has 2 aromatic heterocycles. The van der Waals surface area contributed by atoms with E-state index >= 15 is 0 Å². The van der Waals surface area contributed by atoms with Crippen molar-refractivity contribution in [1.29, 1.82) is 0 Å². The molecule has 1 N–H and O–H groups in total. The Kier molecular flexibility index (Phi) is 8.83. The van der Waals surface area contributed by atoms with Crippen LogP contribution in [0.3, 0.4) is 0 Å². The molecule has 0 bridgehead atoms. The van der Waals surface area contributed by atoms with E-state index in [4.69, 9.17) is 9.97 Å². The number of hydrogen-bond acceptors (Lipinski definition) is 3. The van der Waals surface area contributed by atoms with Crippen LogP contribution in [0, 0.1) is 0 Å². The zero-order valence-electron chi connectivity index (χ0n) is 31.9. The summed E-state index contributed by atoms with van der Waals surface area (Å²) in [5, 5.41) is 12.8. The second-order valence-electron chi connectivity index (χ2n) is 17.1. The number of benzene rings is 5. The standard InChI is InChI=1S/C47H49N3OSi/c1-46(2,3)35-20-23-43(51)40(30-35)45-49-44-39(16-13-17-42(44)50(45)37-14-11-10-12-15-37)33-26-34(28-36(27-33)47(4,5)6)41-29-32(24-25-48-41)31-18-21-38(22-19-31)52(7,8)9/h10-30,51H,1-9H3. The Hall–Kier alpha value is -5.26. The Balaban J connectivity index is 1.43. The van der Waals surface area contributed by atoms with Crippen LogP contribution in [-0.2, 0) is 10.8 Å². The largest absolute Gasteiger partial charge is 0.507 e. The highest BCUT2D eigenvalue weighted by Gasteiger charge is 2.24. The molecule has 52 heavy (non-hydrogen) atoms. The smallest absolute Gasteiger partial charge is 0.149 e. The second kappa shape index (κ2) is 13.1. The van der Waals surface area contributed by atoms with Gasteiger partial charge in [0.25, 0.3) is 0 Å². The maximum Gasteiger partial charge on any atom is 0.149 e. The van der Waals surface area contributed by atoms with Crippen molar-refractivity contribution < 1.29 is 5.11 Å². The average molecular weight is 700 g/mol. The molecule has 0 unspecified atom stereocenters. The van der Waals surface area contributed by atoms with Crippen molar-refractivity contribution in [3.05, 3.63) is 139 Å². The summed E-state index contributed by atoms with van der Waals surface area (Å²) in [4.78, 5) is 10.3. The molecule has 0 aliphatic heterocycles. The lowest BCUT2D eigenvalue weighted by Gasteiger charge is -2.22. The van der Waals surface area contributed by atoms with Crippen LogP contribution in [0.5, 0.6) is 5.75 Å². The molecular weight excluding hydrogens is 651 g/mol. The molecule has 0 radical (unpaired) electrons. The Morgan fingerprint density at radius 2 is 1.27 bits per heavy atom. The summed E-state index contributed by atoms with van der Waals surface area (Å²) in [6.45, 7) is 20.5. The Morgan fingerprint density at radius 3 is 1.94 bits per heavy atom. The molecule has 0 aliphatic carbocycles. The lowest BCUT2D eigenvalue weighted by molar-refractivity contribution is 0.475. The second-order valence-corrected chi connectivity index (χ2v) is 22.1. The zero-order chi connectivity index (χ0) is 37.0. The van der Waals surface area contributed by atoms with Crippen LogP contribution in [0.15, 0.2) is 128 Å². The fourth-order valence-corrected chi connectivity index (χ4v) is 7.99. The van der Waals surface area contributed by atoms with E-state index in [0.29, 0.717) is 11.4 Å². The summed E-state index contributed by atoms with van der Waals surface area (Å²) in [5.74, 6) is 0.916. The van der Waals surface area contributed by atoms with Crippen LogP contribution in [0.25, 0.3) is 61.6 Å². The fraction of sp³-hybridized carbons (Fsp3) is 0.234. The normalized spacial score (nSPS) is 12.4. The molecule has 0 saturated carbocycles. The molecule has 0 spiro atoms. The van der Waals surface area contributed by atoms with Crippen LogP contribution in [0.2, 0.25) is 19.6 Å². The fourth-order valence-electron chi connectivity index (χ4n) is 6.83. The monoisotopic (exact) mass is 699 g/mol. The minimum atomic E-state index is -1.39. The minimum absolute atomic E-state index is 0.0935. The van der Waals surface area contributed by atoms with Crippen LogP contribution < -0.4 is 5.19 Å². The highest BCUT2D eigenvalue weighted by molar-refractivity contribution is 6.88. The van der Waals surface area contributed by atoms with Gasteiger partial charge in [0, 0.05) is 23.0 Å². The van der Waals surface area contributed by atoms with Gasteiger partial charge < -0.3 is 5.11 Å². The third kappa shape index (κ3) is 6.85. The zero-order valence-corrected chi connectivity index (χ0v) is 32.9. The van der Waals surface area contributed by atoms with E-state index in [1.165, 1.54) is 16.3 Å². The maximum atomic E-state index is 11.3. The number of nitrogens with zero attached hydrogens (tertiary/aromatic N) is 3. The molecule has 4 nitrogen and oxygen atoms in total. The molecule has 5 heteroatoms. The van der Waals surface area contributed by atoms with Gasteiger partial charge in [-0.3, -0.25) is 9.55 Å². The summed E-state index contributed by atoms with van der Waals surface area (Å²) < 4.78 is 2.17. The molecule has 2 heterocycles. The number of para-hydroxylation sites is 2. The first-order valence-electron chi connectivity index (χ1n) is 18.2. The van der Waals surface area contributed by atoms with Gasteiger partial charge in [-0.05, 0) is 93.2 Å². The molecule has 0 fully saturated rings. The van der Waals surface area contributed by atoms with Crippen molar-refractivity contribution in [2.45, 2.75) is 72.0 Å². The number of aromatic nitrogens is 3. The molecule has 5 aromatic carbocycles. The number of rotatable bonds is 6. The van der Waals surface area contributed by atoms with Crippen molar-refractivity contribution in [1.82, 2.24) is 14.5 Å². The molecule has 0 amide bonds. The van der Waals surface area contributed by atoms with Crippen LogP contribution >= 0.6 is 0 Å². The number of pyridine rings is 1. The van der Waals surface area contributed by atoms with Crippen LogP contribution in [0.1, 0.15) is 52.7 Å². The first-order chi connectivity index (χ1) is 24.6. The first-order valence-corrected chi connectivity index (χ1v) is 21.7. The van der Waals surface area contributed by atoms with Gasteiger partial charge in [-0.15, -0.1) is 0 Å². The van der Waals surface area contributed by atoms with E-state index in [1.54, 1.807) is 6.07 Å². The van der Waals surface area contributed by atoms with Gasteiger partial charge in [0.1, 0.15) is 11.6 Å². The predicted molar refractivity (Wildman–Crippen MR) is 223 cm³/mol.